The van der Waals surface area contributed by atoms with Gasteiger partial charge in [0, 0.05) is 45.3 Å². The van der Waals surface area contributed by atoms with E-state index >= 15 is 0 Å². The zero-order chi connectivity index (χ0) is 35.2. The fourth-order valence-electron chi connectivity index (χ4n) is 11.3. The maximum absolute atomic E-state index is 14.8. The van der Waals surface area contributed by atoms with Crippen molar-refractivity contribution in [2.75, 3.05) is 20.2 Å². The number of ether oxygens (including phenoxy) is 1. The third-order valence-electron chi connectivity index (χ3n) is 14.0. The molecule has 2 heterocycles. The van der Waals surface area contributed by atoms with Crippen molar-refractivity contribution in [3.8, 4) is 5.75 Å². The molecule has 1 aromatic carbocycles. The molecule has 0 aliphatic heterocycles. The van der Waals surface area contributed by atoms with Crippen molar-refractivity contribution < 1.29 is 28.2 Å². The number of benzene rings is 1. The van der Waals surface area contributed by atoms with Crippen molar-refractivity contribution >= 4 is 38.5 Å². The molecule has 9 rings (SSSR count). The SMILES string of the molecule is COc1ccc(C(=O)C2=C[C@@]34C=C[C@@]25[C@@H]2CC[C@@](O)(CN(CCc6cccs6)S(=O)(=O)c6cccs6)[C@@]2(C)CC[C@@H]5[C@@]3(C)CCC(O)C4)cc1. The molecule has 1 unspecified atom stereocenters. The number of carbonyl (C=O) groups is 1. The molecule has 2 bridgehead atoms. The molecule has 2 aromatic heterocycles. The van der Waals surface area contributed by atoms with Gasteiger partial charge in [0.15, 0.2) is 5.78 Å². The van der Waals surface area contributed by atoms with Crippen LogP contribution in [0.4, 0.5) is 0 Å². The molecule has 3 aromatic rings. The van der Waals surface area contributed by atoms with Crippen LogP contribution in [0.1, 0.15) is 74.0 Å². The van der Waals surface area contributed by atoms with E-state index in [0.717, 1.165) is 36.1 Å². The molecule has 7 nitrogen and oxygen atoms in total. The van der Waals surface area contributed by atoms with Crippen LogP contribution in [0.25, 0.3) is 0 Å². The minimum absolute atomic E-state index is 0.00887. The van der Waals surface area contributed by atoms with E-state index in [1.165, 1.54) is 15.6 Å². The number of methoxy groups -OCH3 is 1. The smallest absolute Gasteiger partial charge is 0.252 e. The van der Waals surface area contributed by atoms with Crippen LogP contribution in [0.2, 0.25) is 0 Å². The molecule has 2 N–H and O–H groups in total. The number of fused-ring (bicyclic) bond motifs is 1. The van der Waals surface area contributed by atoms with Gasteiger partial charge in [-0.1, -0.05) is 44.2 Å². The minimum atomic E-state index is -3.85. The lowest BCUT2D eigenvalue weighted by Crippen LogP contribution is -2.67. The summed E-state index contributed by atoms with van der Waals surface area (Å²) >= 11 is 2.82. The van der Waals surface area contributed by atoms with Gasteiger partial charge in [0.1, 0.15) is 9.96 Å². The highest BCUT2D eigenvalue weighted by molar-refractivity contribution is 7.91. The summed E-state index contributed by atoms with van der Waals surface area (Å²) in [6.45, 7) is 4.82. The van der Waals surface area contributed by atoms with Crippen molar-refractivity contribution in [1.82, 2.24) is 4.31 Å². The predicted molar refractivity (Wildman–Crippen MR) is 197 cm³/mol. The van der Waals surface area contributed by atoms with Crippen LogP contribution in [-0.4, -0.2) is 60.6 Å². The van der Waals surface area contributed by atoms with Gasteiger partial charge in [-0.05, 0) is 116 Å². The number of ketones is 1. The van der Waals surface area contributed by atoms with Crippen LogP contribution in [0.3, 0.4) is 0 Å². The van der Waals surface area contributed by atoms with Gasteiger partial charge < -0.3 is 14.9 Å². The number of hydrogen-bond acceptors (Lipinski definition) is 8. The minimum Gasteiger partial charge on any atom is -0.497 e. The van der Waals surface area contributed by atoms with Gasteiger partial charge in [-0.15, -0.1) is 22.7 Å². The van der Waals surface area contributed by atoms with E-state index in [4.69, 9.17) is 4.74 Å². The second-order valence-electron chi connectivity index (χ2n) is 16.0. The zero-order valence-electron chi connectivity index (χ0n) is 29.0. The quantitative estimate of drug-likeness (QED) is 0.165. The zero-order valence-corrected chi connectivity index (χ0v) is 31.5. The molecule has 266 valence electrons. The first-order valence-corrected chi connectivity index (χ1v) is 21.1. The number of nitrogens with zero attached hydrogens (tertiary/aromatic N) is 1. The number of allylic oxidation sites excluding steroid dienone is 4. The number of rotatable bonds is 10. The van der Waals surface area contributed by atoms with Gasteiger partial charge in [0.05, 0.1) is 18.8 Å². The number of sulfonamides is 1. The van der Waals surface area contributed by atoms with Crippen molar-refractivity contribution in [2.24, 2.45) is 33.5 Å². The standard InChI is InChI=1S/C40H47NO6S3/c1-36-16-12-28(42)24-38(36)19-20-40(31(25-38)35(43)27-8-10-29(47-3)11-9-27)32(36)13-17-37(2)33(40)14-18-39(37,44)26-41(21-15-30-6-4-22-48-30)50(45,46)34-7-5-23-49-34/h4-11,19-20,22-23,25,28,32-33,42,44H,12-18,21,24,26H2,1-3H3/t28?,32-,33-,36-,37+,38+,39-,40-/m1/s1. The van der Waals surface area contributed by atoms with E-state index in [1.54, 1.807) is 36.0 Å². The van der Waals surface area contributed by atoms with E-state index in [9.17, 15) is 23.4 Å². The fraction of sp³-hybridized carbons (Fsp3) is 0.525. The second-order valence-corrected chi connectivity index (χ2v) is 20.1. The highest BCUT2D eigenvalue weighted by Gasteiger charge is 2.74. The summed E-state index contributed by atoms with van der Waals surface area (Å²) in [6, 6.07) is 14.7. The monoisotopic (exact) mass is 733 g/mol. The third kappa shape index (κ3) is 4.81. The average molecular weight is 734 g/mol. The Labute approximate surface area is 303 Å². The molecule has 3 fully saturated rings. The van der Waals surface area contributed by atoms with E-state index in [1.807, 2.05) is 41.8 Å². The lowest BCUT2D eigenvalue weighted by molar-refractivity contribution is -0.173. The van der Waals surface area contributed by atoms with Crippen molar-refractivity contribution in [1.29, 1.82) is 0 Å². The Hall–Kier alpha value is -2.60. The molecule has 50 heavy (non-hydrogen) atoms. The maximum Gasteiger partial charge on any atom is 0.252 e. The third-order valence-corrected chi connectivity index (χ3v) is 18.2. The number of thiophene rings is 2. The van der Waals surface area contributed by atoms with E-state index in [0.29, 0.717) is 37.0 Å². The summed E-state index contributed by atoms with van der Waals surface area (Å²) in [5.74, 6) is 0.750. The van der Waals surface area contributed by atoms with Crippen molar-refractivity contribution in [2.45, 2.75) is 81.1 Å². The van der Waals surface area contributed by atoms with Gasteiger partial charge >= 0.3 is 0 Å². The number of Topliss-reactive ketones (excluding diaryl/α,β-unsaturated/α-hetero) is 1. The molecule has 2 spiro atoms. The van der Waals surface area contributed by atoms with E-state index < -0.39 is 38.0 Å². The summed E-state index contributed by atoms with van der Waals surface area (Å²) in [5, 5.41) is 27.8. The molecule has 10 heteroatoms. The maximum atomic E-state index is 14.8. The van der Waals surface area contributed by atoms with Gasteiger partial charge in [-0.3, -0.25) is 4.79 Å². The van der Waals surface area contributed by atoms with Crippen LogP contribution in [0, 0.1) is 33.5 Å². The number of hydrogen-bond donors (Lipinski definition) is 2. The van der Waals surface area contributed by atoms with Crippen LogP contribution in [-0.2, 0) is 16.4 Å². The normalized spacial score (nSPS) is 37.2. The molecule has 6 aliphatic carbocycles. The molecular weight excluding hydrogens is 687 g/mol. The topological polar surface area (TPSA) is 104 Å². The van der Waals surface area contributed by atoms with Crippen LogP contribution < -0.4 is 4.74 Å². The largest absolute Gasteiger partial charge is 0.497 e. The summed E-state index contributed by atoms with van der Waals surface area (Å²) in [6.07, 6.45) is 11.9. The molecular formula is C40H47NO6S3. The molecule has 8 atom stereocenters. The Bertz CT molecular complexity index is 1940. The first kappa shape index (κ1) is 34.5. The molecule has 6 aliphatic rings. The van der Waals surface area contributed by atoms with Crippen molar-refractivity contribution in [3.05, 3.63) is 93.5 Å². The highest BCUT2D eigenvalue weighted by Crippen LogP contribution is 2.78. The van der Waals surface area contributed by atoms with Gasteiger partial charge in [0.2, 0.25) is 0 Å². The van der Waals surface area contributed by atoms with Gasteiger partial charge in [-0.2, -0.15) is 4.31 Å². The number of carbonyl (C=O) groups excluding carboxylic acids is 1. The highest BCUT2D eigenvalue weighted by atomic mass is 32.2. The first-order valence-electron chi connectivity index (χ1n) is 17.9. The Balaban J connectivity index is 1.21. The molecule has 0 amide bonds. The Morgan fingerprint density at radius 2 is 1.64 bits per heavy atom. The summed E-state index contributed by atoms with van der Waals surface area (Å²) in [7, 11) is -2.24. The van der Waals surface area contributed by atoms with E-state index in [2.05, 4.69) is 32.1 Å². The lowest BCUT2D eigenvalue weighted by atomic mass is 9.32. The molecule has 0 radical (unpaired) electrons. The summed E-state index contributed by atoms with van der Waals surface area (Å²) in [4.78, 5) is 15.9. The molecule has 0 saturated heterocycles. The van der Waals surface area contributed by atoms with Crippen LogP contribution >= 0.6 is 22.7 Å². The van der Waals surface area contributed by atoms with Crippen molar-refractivity contribution in [3.63, 3.8) is 0 Å². The predicted octanol–water partition coefficient (Wildman–Crippen LogP) is 7.53. The van der Waals surface area contributed by atoms with Crippen LogP contribution in [0.15, 0.2) is 87.3 Å². The Morgan fingerprint density at radius 1 is 0.940 bits per heavy atom. The Kier molecular flexibility index (Phi) is 8.25. The average Bonchev–Trinajstić information content (AvgIpc) is 3.89. The van der Waals surface area contributed by atoms with Gasteiger partial charge in [-0.25, -0.2) is 8.42 Å². The number of aliphatic hydroxyl groups is 2. The fourth-order valence-corrected chi connectivity index (χ4v) is 14.6. The lowest BCUT2D eigenvalue weighted by Gasteiger charge is -2.71. The van der Waals surface area contributed by atoms with Gasteiger partial charge in [0.25, 0.3) is 10.0 Å². The number of aliphatic hydroxyl groups excluding tert-OH is 1. The van der Waals surface area contributed by atoms with Crippen LogP contribution in [0.5, 0.6) is 5.75 Å². The second kappa shape index (κ2) is 12.0. The summed E-state index contributed by atoms with van der Waals surface area (Å²) in [5.41, 5.74) is -1.77. The Morgan fingerprint density at radius 3 is 2.34 bits per heavy atom. The summed E-state index contributed by atoms with van der Waals surface area (Å²) < 4.78 is 35.6. The van der Waals surface area contributed by atoms with E-state index in [-0.39, 0.29) is 40.3 Å². The molecule has 3 saturated carbocycles. The first-order chi connectivity index (χ1) is 23.8.